The summed E-state index contributed by atoms with van der Waals surface area (Å²) in [5, 5.41) is 0. The van der Waals surface area contributed by atoms with Gasteiger partial charge >= 0.3 is 6.03 Å². The Kier molecular flexibility index (Phi) is 3.52. The normalized spacial score (nSPS) is 16.1. The standard InChI is InChI=1S/C8H8Br3N3O/c9-5-6(10)14(7(11)12-5)8(15)13-3-1-2-4-13/h1-4H2. The van der Waals surface area contributed by atoms with E-state index in [1.54, 1.807) is 0 Å². The van der Waals surface area contributed by atoms with Crippen molar-refractivity contribution in [2.75, 3.05) is 13.1 Å². The topological polar surface area (TPSA) is 38.1 Å². The summed E-state index contributed by atoms with van der Waals surface area (Å²) in [6.45, 7) is 1.65. The number of halogens is 3. The van der Waals surface area contributed by atoms with Gasteiger partial charge in [-0.05, 0) is 60.6 Å². The Morgan fingerprint density at radius 1 is 1.20 bits per heavy atom. The molecule has 1 aliphatic rings. The Labute approximate surface area is 112 Å². The summed E-state index contributed by atoms with van der Waals surface area (Å²) in [6, 6.07) is -0.0375. The van der Waals surface area contributed by atoms with Crippen LogP contribution in [0.2, 0.25) is 0 Å². The van der Waals surface area contributed by atoms with Gasteiger partial charge in [0.05, 0.1) is 0 Å². The van der Waals surface area contributed by atoms with Crippen LogP contribution in [0.4, 0.5) is 4.79 Å². The maximum Gasteiger partial charge on any atom is 0.331 e. The highest BCUT2D eigenvalue weighted by Crippen LogP contribution is 2.27. The van der Waals surface area contributed by atoms with Crippen molar-refractivity contribution in [2.24, 2.45) is 0 Å². The largest absolute Gasteiger partial charge is 0.331 e. The lowest BCUT2D eigenvalue weighted by Gasteiger charge is -2.16. The molecule has 4 nitrogen and oxygen atoms in total. The second-order valence-corrected chi connectivity index (χ2v) is 5.49. The summed E-state index contributed by atoms with van der Waals surface area (Å²) < 4.78 is 3.29. The Morgan fingerprint density at radius 2 is 1.80 bits per heavy atom. The molecule has 0 saturated carbocycles. The van der Waals surface area contributed by atoms with E-state index in [0.29, 0.717) is 13.9 Å². The van der Waals surface area contributed by atoms with Crippen LogP contribution < -0.4 is 0 Å². The Balaban J connectivity index is 2.32. The van der Waals surface area contributed by atoms with Gasteiger partial charge in [0.25, 0.3) is 0 Å². The lowest BCUT2D eigenvalue weighted by atomic mass is 10.4. The first kappa shape index (κ1) is 11.6. The van der Waals surface area contributed by atoms with Crippen LogP contribution in [0, 0.1) is 0 Å². The molecule has 0 N–H and O–H groups in total. The summed E-state index contributed by atoms with van der Waals surface area (Å²) in [7, 11) is 0. The number of rotatable bonds is 0. The molecule has 0 bridgehead atoms. The third kappa shape index (κ3) is 2.14. The van der Waals surface area contributed by atoms with E-state index in [1.165, 1.54) is 4.57 Å². The van der Waals surface area contributed by atoms with Crippen molar-refractivity contribution in [3.05, 3.63) is 13.9 Å². The molecule has 1 aliphatic heterocycles. The minimum atomic E-state index is -0.0375. The number of aromatic nitrogens is 2. The first-order valence-electron chi connectivity index (χ1n) is 4.50. The number of carbonyl (C=O) groups excluding carboxylic acids is 1. The second kappa shape index (κ2) is 4.55. The highest BCUT2D eigenvalue weighted by atomic mass is 79.9. The highest BCUT2D eigenvalue weighted by Gasteiger charge is 2.24. The molecular formula is C8H8Br3N3O. The van der Waals surface area contributed by atoms with Crippen LogP contribution in [-0.4, -0.2) is 33.6 Å². The summed E-state index contributed by atoms with van der Waals surface area (Å²) in [4.78, 5) is 18.0. The Bertz CT molecular complexity index is 398. The smallest absolute Gasteiger partial charge is 0.324 e. The fourth-order valence-corrected chi connectivity index (χ4v) is 3.30. The van der Waals surface area contributed by atoms with E-state index in [2.05, 4.69) is 52.8 Å². The minimum absolute atomic E-state index is 0.0375. The number of imidazole rings is 1. The lowest BCUT2D eigenvalue weighted by molar-refractivity contribution is 0.209. The van der Waals surface area contributed by atoms with Gasteiger partial charge in [-0.1, -0.05) is 0 Å². The molecule has 2 heterocycles. The maximum absolute atomic E-state index is 12.1. The third-order valence-electron chi connectivity index (χ3n) is 2.31. The zero-order valence-electron chi connectivity index (χ0n) is 7.71. The molecule has 0 spiro atoms. The Hall–Kier alpha value is 0.120. The van der Waals surface area contributed by atoms with E-state index in [1.807, 2.05) is 4.90 Å². The van der Waals surface area contributed by atoms with Crippen LogP contribution >= 0.6 is 47.8 Å². The maximum atomic E-state index is 12.1. The van der Waals surface area contributed by atoms with Gasteiger partial charge in [0.2, 0.25) is 0 Å². The second-order valence-electron chi connectivity index (χ2n) is 3.27. The molecule has 0 aliphatic carbocycles. The van der Waals surface area contributed by atoms with E-state index < -0.39 is 0 Å². The van der Waals surface area contributed by atoms with Crippen molar-refractivity contribution >= 4 is 53.8 Å². The van der Waals surface area contributed by atoms with Gasteiger partial charge in [-0.25, -0.2) is 14.3 Å². The molecule has 1 fully saturated rings. The molecule has 1 aromatic rings. The van der Waals surface area contributed by atoms with E-state index >= 15 is 0 Å². The number of carbonyl (C=O) groups is 1. The van der Waals surface area contributed by atoms with Gasteiger partial charge in [-0.15, -0.1) is 0 Å². The molecule has 0 atom stereocenters. The van der Waals surface area contributed by atoms with Crippen molar-refractivity contribution in [1.82, 2.24) is 14.5 Å². The summed E-state index contributed by atoms with van der Waals surface area (Å²) in [6.07, 6.45) is 2.16. The summed E-state index contributed by atoms with van der Waals surface area (Å²) in [5.41, 5.74) is 0. The summed E-state index contributed by atoms with van der Waals surface area (Å²) >= 11 is 9.85. The number of hydrogen-bond acceptors (Lipinski definition) is 2. The Morgan fingerprint density at radius 3 is 2.27 bits per heavy atom. The van der Waals surface area contributed by atoms with Gasteiger partial charge in [0, 0.05) is 13.1 Å². The molecule has 1 amide bonds. The van der Waals surface area contributed by atoms with Crippen LogP contribution in [0.15, 0.2) is 13.9 Å². The van der Waals surface area contributed by atoms with Gasteiger partial charge in [-0.2, -0.15) is 0 Å². The fraction of sp³-hybridized carbons (Fsp3) is 0.500. The van der Waals surface area contributed by atoms with Crippen molar-refractivity contribution < 1.29 is 4.79 Å². The van der Waals surface area contributed by atoms with E-state index in [9.17, 15) is 4.79 Å². The monoisotopic (exact) mass is 399 g/mol. The number of nitrogens with zero attached hydrogens (tertiary/aromatic N) is 3. The van der Waals surface area contributed by atoms with Crippen LogP contribution in [0.1, 0.15) is 12.8 Å². The fourth-order valence-electron chi connectivity index (χ4n) is 1.56. The molecule has 1 saturated heterocycles. The lowest BCUT2D eigenvalue weighted by Crippen LogP contribution is -2.32. The zero-order valence-corrected chi connectivity index (χ0v) is 12.5. The molecule has 1 aromatic heterocycles. The van der Waals surface area contributed by atoms with Crippen LogP contribution in [0.25, 0.3) is 0 Å². The van der Waals surface area contributed by atoms with Gasteiger partial charge in [-0.3, -0.25) is 0 Å². The quantitative estimate of drug-likeness (QED) is 0.669. The van der Waals surface area contributed by atoms with Crippen molar-refractivity contribution in [3.63, 3.8) is 0 Å². The van der Waals surface area contributed by atoms with Gasteiger partial charge in [0.1, 0.15) is 9.21 Å². The molecule has 82 valence electrons. The SMILES string of the molecule is O=C(N1CCCC1)n1c(Br)nc(Br)c1Br. The first-order valence-corrected chi connectivity index (χ1v) is 6.87. The van der Waals surface area contributed by atoms with E-state index in [0.717, 1.165) is 25.9 Å². The minimum Gasteiger partial charge on any atom is -0.324 e. The number of likely N-dealkylation sites (tertiary alicyclic amines) is 1. The average Bonchev–Trinajstić information content (AvgIpc) is 2.76. The van der Waals surface area contributed by atoms with Crippen LogP contribution in [0.3, 0.4) is 0 Å². The summed E-state index contributed by atoms with van der Waals surface area (Å²) in [5.74, 6) is 0. The van der Waals surface area contributed by atoms with E-state index in [4.69, 9.17) is 0 Å². The zero-order chi connectivity index (χ0) is 11.0. The first-order chi connectivity index (χ1) is 7.11. The van der Waals surface area contributed by atoms with Crippen molar-refractivity contribution in [2.45, 2.75) is 12.8 Å². The highest BCUT2D eigenvalue weighted by molar-refractivity contribution is 9.13. The molecule has 15 heavy (non-hydrogen) atoms. The molecule has 0 aromatic carbocycles. The van der Waals surface area contributed by atoms with Crippen molar-refractivity contribution in [3.8, 4) is 0 Å². The predicted molar refractivity (Wildman–Crippen MR) is 66.9 cm³/mol. The van der Waals surface area contributed by atoms with Gasteiger partial charge < -0.3 is 4.90 Å². The molecule has 0 unspecified atom stereocenters. The third-order valence-corrected chi connectivity index (χ3v) is 4.66. The number of hydrogen-bond donors (Lipinski definition) is 0. The average molecular weight is 402 g/mol. The molecule has 7 heteroatoms. The molecular weight excluding hydrogens is 394 g/mol. The van der Waals surface area contributed by atoms with Gasteiger partial charge in [0.15, 0.2) is 4.73 Å². The van der Waals surface area contributed by atoms with Crippen molar-refractivity contribution in [1.29, 1.82) is 0 Å². The molecule has 2 rings (SSSR count). The molecule has 0 radical (unpaired) electrons. The van der Waals surface area contributed by atoms with E-state index in [-0.39, 0.29) is 6.03 Å². The number of amides is 1. The predicted octanol–water partition coefficient (Wildman–Crippen LogP) is 3.23. The van der Waals surface area contributed by atoms with Crippen LogP contribution in [0.5, 0.6) is 0 Å². The van der Waals surface area contributed by atoms with Crippen LogP contribution in [-0.2, 0) is 0 Å².